The first kappa shape index (κ1) is 20.7. The molecule has 0 unspecified atom stereocenters. The van der Waals surface area contributed by atoms with Gasteiger partial charge in [-0.2, -0.15) is 0 Å². The van der Waals surface area contributed by atoms with Gasteiger partial charge < -0.3 is 20.5 Å². The Morgan fingerprint density at radius 1 is 1.27 bits per heavy atom. The van der Waals surface area contributed by atoms with E-state index in [-0.39, 0.29) is 11.8 Å². The smallest absolute Gasteiger partial charge is 0.256 e. The van der Waals surface area contributed by atoms with E-state index in [9.17, 15) is 9.59 Å². The highest BCUT2D eigenvalue weighted by molar-refractivity contribution is 6.38. The summed E-state index contributed by atoms with van der Waals surface area (Å²) < 4.78 is 0. The third-order valence-corrected chi connectivity index (χ3v) is 6.00. The Balaban J connectivity index is 1.69. The molecule has 1 aliphatic heterocycles. The number of rotatable bonds is 5. The van der Waals surface area contributed by atoms with Gasteiger partial charge in [-0.1, -0.05) is 11.6 Å². The molecule has 7 heteroatoms. The predicted molar refractivity (Wildman–Crippen MR) is 121 cm³/mol. The van der Waals surface area contributed by atoms with Gasteiger partial charge in [0.1, 0.15) is 0 Å². The van der Waals surface area contributed by atoms with Crippen molar-refractivity contribution in [1.82, 2.24) is 15.2 Å². The molecular formula is C23H27ClN4O2. The van der Waals surface area contributed by atoms with E-state index in [1.165, 1.54) is 0 Å². The SMILES string of the molecule is Cc1[nH]c2c(c1C(=O)NCCCN(C)C)CCC/C2=C1/C(=O)Nc2ccc(Cl)cc21. The number of hydrogen-bond acceptors (Lipinski definition) is 3. The van der Waals surface area contributed by atoms with E-state index in [0.717, 1.165) is 71.6 Å². The van der Waals surface area contributed by atoms with Gasteiger partial charge in [-0.3, -0.25) is 9.59 Å². The summed E-state index contributed by atoms with van der Waals surface area (Å²) >= 11 is 6.20. The van der Waals surface area contributed by atoms with E-state index in [1.54, 1.807) is 6.07 Å². The molecule has 4 rings (SSSR count). The van der Waals surface area contributed by atoms with E-state index >= 15 is 0 Å². The quantitative estimate of drug-likeness (QED) is 0.502. The lowest BCUT2D eigenvalue weighted by Gasteiger charge is -2.18. The van der Waals surface area contributed by atoms with Crippen molar-refractivity contribution in [1.29, 1.82) is 0 Å². The molecule has 1 aromatic heterocycles. The summed E-state index contributed by atoms with van der Waals surface area (Å²) in [5.41, 5.74) is 6.72. The minimum Gasteiger partial charge on any atom is -0.358 e. The Labute approximate surface area is 181 Å². The second-order valence-electron chi connectivity index (χ2n) is 8.24. The van der Waals surface area contributed by atoms with Gasteiger partial charge in [0.2, 0.25) is 0 Å². The van der Waals surface area contributed by atoms with Crippen molar-refractivity contribution in [2.24, 2.45) is 0 Å². The average Bonchev–Trinajstić information content (AvgIpc) is 3.20. The van der Waals surface area contributed by atoms with Gasteiger partial charge in [0.15, 0.2) is 0 Å². The number of nitrogens with zero attached hydrogens (tertiary/aromatic N) is 1. The Hall–Kier alpha value is -2.57. The average molecular weight is 427 g/mol. The zero-order valence-corrected chi connectivity index (χ0v) is 18.4. The molecule has 30 heavy (non-hydrogen) atoms. The number of aromatic amines is 1. The Morgan fingerprint density at radius 3 is 2.83 bits per heavy atom. The first-order valence-electron chi connectivity index (χ1n) is 10.4. The molecule has 1 aromatic carbocycles. The number of allylic oxidation sites excluding steroid dienone is 1. The molecule has 2 amide bonds. The van der Waals surface area contributed by atoms with Crippen LogP contribution in [0.25, 0.3) is 11.1 Å². The number of aryl methyl sites for hydroxylation is 1. The minimum absolute atomic E-state index is 0.0469. The van der Waals surface area contributed by atoms with Gasteiger partial charge in [0.25, 0.3) is 11.8 Å². The van der Waals surface area contributed by atoms with Crippen LogP contribution < -0.4 is 10.6 Å². The molecular weight excluding hydrogens is 400 g/mol. The summed E-state index contributed by atoms with van der Waals surface area (Å²) in [4.78, 5) is 31.2. The Morgan fingerprint density at radius 2 is 2.07 bits per heavy atom. The summed E-state index contributed by atoms with van der Waals surface area (Å²) in [7, 11) is 4.04. The van der Waals surface area contributed by atoms with E-state index in [4.69, 9.17) is 11.6 Å². The lowest BCUT2D eigenvalue weighted by molar-refractivity contribution is -0.110. The highest BCUT2D eigenvalue weighted by atomic mass is 35.5. The maximum atomic E-state index is 12.9. The molecule has 0 saturated carbocycles. The van der Waals surface area contributed by atoms with E-state index in [0.29, 0.717) is 17.1 Å². The molecule has 1 aliphatic carbocycles. The summed E-state index contributed by atoms with van der Waals surface area (Å²) in [6.07, 6.45) is 3.40. The molecule has 0 radical (unpaired) electrons. The highest BCUT2D eigenvalue weighted by Crippen LogP contribution is 2.43. The van der Waals surface area contributed by atoms with Gasteiger partial charge >= 0.3 is 0 Å². The van der Waals surface area contributed by atoms with Crippen LogP contribution in [0.15, 0.2) is 18.2 Å². The largest absolute Gasteiger partial charge is 0.358 e. The van der Waals surface area contributed by atoms with Crippen LogP contribution in [0, 0.1) is 6.92 Å². The standard InChI is InChI=1S/C23H27ClN4O2/c1-13-19(22(29)25-10-5-11-28(2)3)15-6-4-7-16(21(15)26-13)20-17-12-14(24)8-9-18(17)27-23(20)30/h8-9,12,26H,4-7,10-11H2,1-3H3,(H,25,29)(H,27,30)/b20-16-. The summed E-state index contributed by atoms with van der Waals surface area (Å²) in [5, 5.41) is 6.58. The lowest BCUT2D eigenvalue weighted by atomic mass is 9.86. The van der Waals surface area contributed by atoms with Crippen molar-refractivity contribution in [3.05, 3.63) is 51.3 Å². The zero-order chi connectivity index (χ0) is 21.4. The number of fused-ring (bicyclic) bond motifs is 2. The van der Waals surface area contributed by atoms with Crippen LogP contribution in [-0.4, -0.2) is 48.9 Å². The van der Waals surface area contributed by atoms with Gasteiger partial charge in [-0.25, -0.2) is 0 Å². The number of carbonyl (C=O) groups excluding carboxylic acids is 2. The summed E-state index contributed by atoms with van der Waals surface area (Å²) in [6.45, 7) is 3.49. The number of hydrogen-bond donors (Lipinski definition) is 3. The molecule has 3 N–H and O–H groups in total. The number of halogens is 1. The fourth-order valence-corrected chi connectivity index (χ4v) is 4.61. The molecule has 2 aromatic rings. The fraction of sp³-hybridized carbons (Fsp3) is 0.391. The first-order chi connectivity index (χ1) is 14.4. The molecule has 2 heterocycles. The maximum absolute atomic E-state index is 12.9. The highest BCUT2D eigenvalue weighted by Gasteiger charge is 2.33. The van der Waals surface area contributed by atoms with E-state index in [1.807, 2.05) is 33.2 Å². The molecule has 0 saturated heterocycles. The first-order valence-corrected chi connectivity index (χ1v) is 10.7. The molecule has 0 fully saturated rings. The molecule has 158 valence electrons. The zero-order valence-electron chi connectivity index (χ0n) is 17.6. The lowest BCUT2D eigenvalue weighted by Crippen LogP contribution is -2.28. The predicted octanol–water partition coefficient (Wildman–Crippen LogP) is 3.86. The number of aromatic nitrogens is 1. The van der Waals surface area contributed by atoms with Crippen LogP contribution >= 0.6 is 11.6 Å². The number of carbonyl (C=O) groups is 2. The third-order valence-electron chi connectivity index (χ3n) is 5.77. The van der Waals surface area contributed by atoms with E-state index in [2.05, 4.69) is 20.5 Å². The maximum Gasteiger partial charge on any atom is 0.256 e. The van der Waals surface area contributed by atoms with Crippen molar-refractivity contribution in [2.45, 2.75) is 32.6 Å². The summed E-state index contributed by atoms with van der Waals surface area (Å²) in [5.74, 6) is -0.161. The van der Waals surface area contributed by atoms with E-state index < -0.39 is 0 Å². The Kier molecular flexibility index (Phi) is 5.71. The van der Waals surface area contributed by atoms with Crippen LogP contribution in [0.4, 0.5) is 5.69 Å². The van der Waals surface area contributed by atoms with Gasteiger partial charge in [-0.05, 0) is 82.6 Å². The van der Waals surface area contributed by atoms with Crippen LogP contribution in [0.5, 0.6) is 0 Å². The van der Waals surface area contributed by atoms with Crippen molar-refractivity contribution in [3.63, 3.8) is 0 Å². The van der Waals surface area contributed by atoms with Crippen molar-refractivity contribution >= 4 is 40.2 Å². The molecule has 0 atom stereocenters. The van der Waals surface area contributed by atoms with Crippen molar-refractivity contribution in [2.75, 3.05) is 32.5 Å². The molecule has 6 nitrogen and oxygen atoms in total. The van der Waals surface area contributed by atoms with Gasteiger partial charge in [-0.15, -0.1) is 0 Å². The minimum atomic E-state index is -0.114. The number of benzene rings is 1. The molecule has 2 aliphatic rings. The number of amides is 2. The summed E-state index contributed by atoms with van der Waals surface area (Å²) in [6, 6.07) is 5.44. The van der Waals surface area contributed by atoms with Crippen molar-refractivity contribution in [3.8, 4) is 0 Å². The van der Waals surface area contributed by atoms with Gasteiger partial charge in [0.05, 0.1) is 11.1 Å². The third kappa shape index (κ3) is 3.77. The second-order valence-corrected chi connectivity index (χ2v) is 8.68. The van der Waals surface area contributed by atoms with Gasteiger partial charge in [0, 0.05) is 34.2 Å². The van der Waals surface area contributed by atoms with Crippen LogP contribution in [0.1, 0.15) is 52.1 Å². The topological polar surface area (TPSA) is 77.2 Å². The normalized spacial score (nSPS) is 17.7. The number of H-pyrrole nitrogens is 1. The Bertz CT molecular complexity index is 1050. The number of nitrogens with one attached hydrogen (secondary N) is 3. The monoisotopic (exact) mass is 426 g/mol. The second kappa shape index (κ2) is 8.28. The van der Waals surface area contributed by atoms with Crippen LogP contribution in [-0.2, 0) is 11.2 Å². The number of anilines is 1. The van der Waals surface area contributed by atoms with Crippen molar-refractivity contribution < 1.29 is 9.59 Å². The van der Waals surface area contributed by atoms with Crippen LogP contribution in [0.3, 0.4) is 0 Å². The molecule has 0 spiro atoms. The fourth-order valence-electron chi connectivity index (χ4n) is 4.43. The molecule has 0 bridgehead atoms. The van der Waals surface area contributed by atoms with Crippen LogP contribution in [0.2, 0.25) is 5.02 Å².